The summed E-state index contributed by atoms with van der Waals surface area (Å²) in [5.74, 6) is 0.298. The molecule has 1 aromatic carbocycles. The Morgan fingerprint density at radius 3 is 2.60 bits per heavy atom. The highest BCUT2D eigenvalue weighted by atomic mass is 16.6. The summed E-state index contributed by atoms with van der Waals surface area (Å²) in [6, 6.07) is 8.23. The van der Waals surface area contributed by atoms with Gasteiger partial charge in [0.15, 0.2) is 6.61 Å². The Kier molecular flexibility index (Phi) is 4.53. The Hall–Kier alpha value is -1.71. The van der Waals surface area contributed by atoms with Crippen molar-refractivity contribution in [2.24, 2.45) is 5.41 Å². The Morgan fingerprint density at radius 2 is 2.05 bits per heavy atom. The van der Waals surface area contributed by atoms with E-state index in [2.05, 4.69) is 23.9 Å². The molecule has 1 aliphatic rings. The molecule has 1 atom stereocenters. The molecule has 0 saturated heterocycles. The summed E-state index contributed by atoms with van der Waals surface area (Å²) in [5, 5.41) is 3.59. The van der Waals surface area contributed by atoms with Gasteiger partial charge in [-0.2, -0.15) is 0 Å². The van der Waals surface area contributed by atoms with Crippen molar-refractivity contribution >= 4 is 11.7 Å². The van der Waals surface area contributed by atoms with Gasteiger partial charge in [0.05, 0.1) is 7.11 Å². The lowest BCUT2D eigenvalue weighted by atomic mass is 9.87. The van der Waals surface area contributed by atoms with Crippen LogP contribution in [0.1, 0.15) is 33.1 Å². The van der Waals surface area contributed by atoms with Crippen LogP contribution >= 0.6 is 0 Å². The van der Waals surface area contributed by atoms with Crippen LogP contribution in [-0.4, -0.2) is 25.7 Å². The van der Waals surface area contributed by atoms with E-state index in [1.165, 1.54) is 26.4 Å². The van der Waals surface area contributed by atoms with Crippen LogP contribution in [0.4, 0.5) is 5.69 Å². The van der Waals surface area contributed by atoms with Crippen LogP contribution in [0.2, 0.25) is 0 Å². The molecule has 1 N–H and O–H groups in total. The molecule has 0 aromatic heterocycles. The molecule has 1 aliphatic carbocycles. The van der Waals surface area contributed by atoms with Crippen LogP contribution in [0.25, 0.3) is 0 Å². The van der Waals surface area contributed by atoms with Gasteiger partial charge in [0.2, 0.25) is 0 Å². The Bertz CT molecular complexity index is 453. The maximum atomic E-state index is 11.0. The number of esters is 1. The molecule has 0 aliphatic heterocycles. The molecule has 0 spiro atoms. The maximum Gasteiger partial charge on any atom is 0.343 e. The fourth-order valence-corrected chi connectivity index (χ4v) is 2.64. The first-order valence-corrected chi connectivity index (χ1v) is 7.07. The molecule has 0 heterocycles. The number of methoxy groups -OCH3 is 1. The fourth-order valence-electron chi connectivity index (χ4n) is 2.64. The van der Waals surface area contributed by atoms with Crippen molar-refractivity contribution in [3.8, 4) is 5.75 Å². The fraction of sp³-hybridized carbons (Fsp3) is 0.562. The van der Waals surface area contributed by atoms with Gasteiger partial charge in [-0.25, -0.2) is 4.79 Å². The highest BCUT2D eigenvalue weighted by molar-refractivity contribution is 5.70. The van der Waals surface area contributed by atoms with Gasteiger partial charge in [-0.1, -0.05) is 20.3 Å². The molecule has 0 amide bonds. The van der Waals surface area contributed by atoms with Crippen LogP contribution < -0.4 is 10.1 Å². The lowest BCUT2D eigenvalue weighted by Crippen LogP contribution is -2.30. The van der Waals surface area contributed by atoms with E-state index in [9.17, 15) is 4.79 Å². The van der Waals surface area contributed by atoms with Gasteiger partial charge in [0.1, 0.15) is 5.75 Å². The van der Waals surface area contributed by atoms with Gasteiger partial charge >= 0.3 is 5.97 Å². The van der Waals surface area contributed by atoms with Gasteiger partial charge in [-0.05, 0) is 42.5 Å². The van der Waals surface area contributed by atoms with Crippen molar-refractivity contribution in [1.29, 1.82) is 0 Å². The molecular formula is C16H23NO3. The molecule has 110 valence electrons. The average molecular weight is 277 g/mol. The van der Waals surface area contributed by atoms with E-state index in [-0.39, 0.29) is 12.6 Å². The van der Waals surface area contributed by atoms with E-state index < -0.39 is 0 Å². The minimum absolute atomic E-state index is 0.0566. The Labute approximate surface area is 120 Å². The largest absolute Gasteiger partial charge is 0.482 e. The third kappa shape index (κ3) is 3.65. The number of nitrogens with one attached hydrogen (secondary N) is 1. The minimum atomic E-state index is -0.375. The summed E-state index contributed by atoms with van der Waals surface area (Å²) < 4.78 is 9.85. The van der Waals surface area contributed by atoms with Crippen LogP contribution in [0.3, 0.4) is 0 Å². The number of hydrogen-bond acceptors (Lipinski definition) is 4. The number of carbonyl (C=O) groups excluding carboxylic acids is 1. The van der Waals surface area contributed by atoms with E-state index in [0.29, 0.717) is 17.2 Å². The summed E-state index contributed by atoms with van der Waals surface area (Å²) in [6.07, 6.45) is 3.77. The van der Waals surface area contributed by atoms with E-state index in [0.717, 1.165) is 5.69 Å². The van der Waals surface area contributed by atoms with Crippen LogP contribution in [0, 0.1) is 5.41 Å². The average Bonchev–Trinajstić information content (AvgIpc) is 2.77. The second-order valence-corrected chi connectivity index (χ2v) is 5.97. The number of carbonyl (C=O) groups is 1. The number of rotatable bonds is 5. The molecule has 1 unspecified atom stereocenters. The molecule has 2 rings (SSSR count). The predicted molar refractivity (Wildman–Crippen MR) is 79.0 cm³/mol. The van der Waals surface area contributed by atoms with Crippen molar-refractivity contribution in [2.75, 3.05) is 19.0 Å². The van der Waals surface area contributed by atoms with Crippen molar-refractivity contribution < 1.29 is 14.3 Å². The van der Waals surface area contributed by atoms with Gasteiger partial charge < -0.3 is 14.8 Å². The van der Waals surface area contributed by atoms with Crippen LogP contribution in [-0.2, 0) is 9.53 Å². The standard InChI is InChI=1S/C16H23NO3/c1-16(2)10-4-5-14(16)17-12-6-8-13(9-7-12)20-11-15(18)19-3/h6-9,14,17H,4-5,10-11H2,1-3H3. The number of benzene rings is 1. The highest BCUT2D eigenvalue weighted by Gasteiger charge is 2.34. The van der Waals surface area contributed by atoms with Gasteiger partial charge in [0.25, 0.3) is 0 Å². The summed E-state index contributed by atoms with van der Waals surface area (Å²) in [6.45, 7) is 4.57. The number of ether oxygens (including phenoxy) is 2. The molecule has 4 nitrogen and oxygen atoms in total. The SMILES string of the molecule is COC(=O)COc1ccc(NC2CCCC2(C)C)cc1. The molecule has 0 radical (unpaired) electrons. The van der Waals surface area contributed by atoms with Crippen molar-refractivity contribution in [3.05, 3.63) is 24.3 Å². The highest BCUT2D eigenvalue weighted by Crippen LogP contribution is 2.39. The van der Waals surface area contributed by atoms with Crippen LogP contribution in [0.15, 0.2) is 24.3 Å². The van der Waals surface area contributed by atoms with E-state index >= 15 is 0 Å². The smallest absolute Gasteiger partial charge is 0.343 e. The molecule has 0 bridgehead atoms. The summed E-state index contributed by atoms with van der Waals surface area (Å²) >= 11 is 0. The Balaban J connectivity index is 1.90. The monoisotopic (exact) mass is 277 g/mol. The van der Waals surface area contributed by atoms with Gasteiger partial charge in [-0.15, -0.1) is 0 Å². The van der Waals surface area contributed by atoms with Gasteiger partial charge in [-0.3, -0.25) is 0 Å². The van der Waals surface area contributed by atoms with Crippen molar-refractivity contribution in [1.82, 2.24) is 0 Å². The van der Waals surface area contributed by atoms with E-state index in [4.69, 9.17) is 4.74 Å². The number of anilines is 1. The van der Waals surface area contributed by atoms with E-state index in [1.54, 1.807) is 0 Å². The molecule has 1 fully saturated rings. The first-order valence-electron chi connectivity index (χ1n) is 7.07. The third-order valence-electron chi connectivity index (χ3n) is 4.04. The predicted octanol–water partition coefficient (Wildman–Crippen LogP) is 3.23. The lowest BCUT2D eigenvalue weighted by Gasteiger charge is -2.28. The van der Waals surface area contributed by atoms with Gasteiger partial charge in [0, 0.05) is 11.7 Å². The minimum Gasteiger partial charge on any atom is -0.482 e. The van der Waals surface area contributed by atoms with Crippen LogP contribution in [0.5, 0.6) is 5.75 Å². The second-order valence-electron chi connectivity index (χ2n) is 5.97. The zero-order valence-corrected chi connectivity index (χ0v) is 12.4. The van der Waals surface area contributed by atoms with Crippen molar-refractivity contribution in [3.63, 3.8) is 0 Å². The third-order valence-corrected chi connectivity index (χ3v) is 4.04. The zero-order chi connectivity index (χ0) is 14.6. The lowest BCUT2D eigenvalue weighted by molar-refractivity contribution is -0.142. The zero-order valence-electron chi connectivity index (χ0n) is 12.4. The number of hydrogen-bond donors (Lipinski definition) is 1. The molecular weight excluding hydrogens is 254 g/mol. The molecule has 1 saturated carbocycles. The van der Waals surface area contributed by atoms with E-state index in [1.807, 2.05) is 24.3 Å². The summed E-state index contributed by atoms with van der Waals surface area (Å²) in [7, 11) is 1.35. The Morgan fingerprint density at radius 1 is 1.35 bits per heavy atom. The second kappa shape index (κ2) is 6.16. The normalized spacial score (nSPS) is 20.4. The first kappa shape index (κ1) is 14.7. The quantitative estimate of drug-likeness (QED) is 0.839. The first-order chi connectivity index (χ1) is 9.51. The van der Waals surface area contributed by atoms with Crippen molar-refractivity contribution in [2.45, 2.75) is 39.2 Å². The summed E-state index contributed by atoms with van der Waals surface area (Å²) in [4.78, 5) is 11.0. The molecule has 4 heteroatoms. The molecule has 20 heavy (non-hydrogen) atoms. The topological polar surface area (TPSA) is 47.6 Å². The molecule has 1 aromatic rings. The maximum absolute atomic E-state index is 11.0. The summed E-state index contributed by atoms with van der Waals surface area (Å²) in [5.41, 5.74) is 1.44.